The minimum atomic E-state index is -1.22. The molecule has 2 atom stereocenters. The lowest BCUT2D eigenvalue weighted by Crippen LogP contribution is -2.36. The van der Waals surface area contributed by atoms with Crippen molar-refractivity contribution in [2.45, 2.75) is 57.6 Å². The fourth-order valence-corrected chi connectivity index (χ4v) is 1.75. The predicted octanol–water partition coefficient (Wildman–Crippen LogP) is 1.49. The van der Waals surface area contributed by atoms with Gasteiger partial charge in [-0.25, -0.2) is 4.39 Å². The van der Waals surface area contributed by atoms with Crippen LogP contribution in [0, 0.1) is 0 Å². The second-order valence-corrected chi connectivity index (χ2v) is 6.64. The molecule has 0 rings (SSSR count). The van der Waals surface area contributed by atoms with Crippen LogP contribution in [0.2, 0.25) is 0 Å². The van der Waals surface area contributed by atoms with Gasteiger partial charge in [-0.3, -0.25) is 9.59 Å². The van der Waals surface area contributed by atoms with Gasteiger partial charge in [0.15, 0.2) is 0 Å². The Morgan fingerprint density at radius 1 is 1.12 bits per heavy atom. The fraction of sp³-hybridized carbons (Fsp3) is 0.875. The standard InChI is InChI=1S/C16H31FN2O4S/c1-12(2)23-11-15(20)18-7-5-4-6-8-22-10-14(17)9-19-16(21)13(3)24/h12-14,24H,4-11H2,1-3H3,(H,18,20)(H,19,21). The van der Waals surface area contributed by atoms with Gasteiger partial charge in [-0.2, -0.15) is 12.6 Å². The molecule has 0 aromatic rings. The molecular formula is C16H31FN2O4S. The summed E-state index contributed by atoms with van der Waals surface area (Å²) < 4.78 is 23.9. The minimum absolute atomic E-state index is 0.0372. The van der Waals surface area contributed by atoms with Crippen LogP contribution in [0.25, 0.3) is 0 Å². The zero-order chi connectivity index (χ0) is 18.4. The lowest BCUT2D eigenvalue weighted by molar-refractivity contribution is -0.127. The van der Waals surface area contributed by atoms with Crippen LogP contribution in [-0.4, -0.2) is 62.3 Å². The summed E-state index contributed by atoms with van der Waals surface area (Å²) in [7, 11) is 0. The third-order valence-corrected chi connectivity index (χ3v) is 3.25. The van der Waals surface area contributed by atoms with E-state index in [1.165, 1.54) is 0 Å². The lowest BCUT2D eigenvalue weighted by Gasteiger charge is -2.11. The number of alkyl halides is 1. The van der Waals surface area contributed by atoms with Crippen LogP contribution in [-0.2, 0) is 19.1 Å². The highest BCUT2D eigenvalue weighted by molar-refractivity contribution is 7.81. The highest BCUT2D eigenvalue weighted by Gasteiger charge is 2.11. The molecule has 2 N–H and O–H groups in total. The van der Waals surface area contributed by atoms with Crippen LogP contribution < -0.4 is 10.6 Å². The van der Waals surface area contributed by atoms with Crippen molar-refractivity contribution in [1.29, 1.82) is 0 Å². The average molecular weight is 366 g/mol. The van der Waals surface area contributed by atoms with E-state index in [-0.39, 0.29) is 37.7 Å². The van der Waals surface area contributed by atoms with Gasteiger partial charge in [-0.05, 0) is 40.0 Å². The number of halogens is 1. The van der Waals surface area contributed by atoms with Gasteiger partial charge in [-0.15, -0.1) is 0 Å². The Hall–Kier alpha value is -0.860. The van der Waals surface area contributed by atoms with E-state index in [9.17, 15) is 14.0 Å². The highest BCUT2D eigenvalue weighted by atomic mass is 32.1. The Labute approximate surface area is 149 Å². The topological polar surface area (TPSA) is 76.7 Å². The number of carbonyl (C=O) groups is 2. The van der Waals surface area contributed by atoms with E-state index >= 15 is 0 Å². The van der Waals surface area contributed by atoms with Gasteiger partial charge >= 0.3 is 0 Å². The summed E-state index contributed by atoms with van der Waals surface area (Å²) in [5.74, 6) is -0.403. The molecule has 0 bridgehead atoms. The first-order valence-electron chi connectivity index (χ1n) is 8.38. The van der Waals surface area contributed by atoms with Crippen LogP contribution in [0.15, 0.2) is 0 Å². The van der Waals surface area contributed by atoms with Crippen LogP contribution in [0.4, 0.5) is 4.39 Å². The number of unbranched alkanes of at least 4 members (excludes halogenated alkanes) is 2. The van der Waals surface area contributed by atoms with Crippen molar-refractivity contribution < 1.29 is 23.5 Å². The normalized spacial score (nSPS) is 13.6. The summed E-state index contributed by atoms with van der Waals surface area (Å²) in [4.78, 5) is 22.6. The van der Waals surface area contributed by atoms with Gasteiger partial charge in [0.05, 0.1) is 24.5 Å². The quantitative estimate of drug-likeness (QED) is 0.322. The molecule has 0 saturated carbocycles. The van der Waals surface area contributed by atoms with Crippen molar-refractivity contribution in [3.63, 3.8) is 0 Å². The lowest BCUT2D eigenvalue weighted by atomic mass is 10.2. The second-order valence-electron chi connectivity index (χ2n) is 5.86. The van der Waals surface area contributed by atoms with Crippen LogP contribution in [0.1, 0.15) is 40.0 Å². The SMILES string of the molecule is CC(C)OCC(=O)NCCCCCOCC(F)CNC(=O)C(C)S. The Morgan fingerprint density at radius 2 is 1.83 bits per heavy atom. The second kappa shape index (κ2) is 14.5. The molecular weight excluding hydrogens is 335 g/mol. The van der Waals surface area contributed by atoms with Crippen molar-refractivity contribution in [1.82, 2.24) is 10.6 Å². The zero-order valence-corrected chi connectivity index (χ0v) is 15.7. The number of amides is 2. The highest BCUT2D eigenvalue weighted by Crippen LogP contribution is 1.98. The Balaban J connectivity index is 3.38. The molecule has 2 unspecified atom stereocenters. The van der Waals surface area contributed by atoms with E-state index in [0.717, 1.165) is 19.3 Å². The molecule has 0 saturated heterocycles. The first-order valence-corrected chi connectivity index (χ1v) is 8.90. The molecule has 8 heteroatoms. The summed E-state index contributed by atoms with van der Waals surface area (Å²) >= 11 is 3.96. The zero-order valence-electron chi connectivity index (χ0n) is 14.8. The molecule has 0 heterocycles. The van der Waals surface area contributed by atoms with Gasteiger partial charge in [-0.1, -0.05) is 0 Å². The summed E-state index contributed by atoms with van der Waals surface area (Å²) in [5.41, 5.74) is 0. The number of carbonyl (C=O) groups excluding carboxylic acids is 2. The van der Waals surface area contributed by atoms with E-state index in [0.29, 0.717) is 13.2 Å². The molecule has 24 heavy (non-hydrogen) atoms. The smallest absolute Gasteiger partial charge is 0.246 e. The molecule has 0 spiro atoms. The van der Waals surface area contributed by atoms with Crippen molar-refractivity contribution in [3.8, 4) is 0 Å². The molecule has 0 aliphatic heterocycles. The Bertz CT molecular complexity index is 357. The number of nitrogens with one attached hydrogen (secondary N) is 2. The monoisotopic (exact) mass is 366 g/mol. The number of rotatable bonds is 14. The first-order chi connectivity index (χ1) is 11.3. The molecule has 6 nitrogen and oxygen atoms in total. The Kier molecular flexibility index (Phi) is 14.0. The van der Waals surface area contributed by atoms with Crippen LogP contribution in [0.3, 0.4) is 0 Å². The van der Waals surface area contributed by atoms with Crippen molar-refractivity contribution in [2.75, 3.05) is 32.9 Å². The largest absolute Gasteiger partial charge is 0.378 e. The van der Waals surface area contributed by atoms with E-state index in [1.54, 1.807) is 6.92 Å². The van der Waals surface area contributed by atoms with E-state index < -0.39 is 11.4 Å². The molecule has 0 aliphatic rings. The molecule has 0 aliphatic carbocycles. The van der Waals surface area contributed by atoms with Crippen LogP contribution in [0.5, 0.6) is 0 Å². The number of hydrogen-bond donors (Lipinski definition) is 3. The summed E-state index contributed by atoms with van der Waals surface area (Å²) in [6.45, 7) is 6.43. The molecule has 0 aromatic heterocycles. The maximum Gasteiger partial charge on any atom is 0.246 e. The molecule has 0 aromatic carbocycles. The van der Waals surface area contributed by atoms with Gasteiger partial charge in [0, 0.05) is 13.2 Å². The summed E-state index contributed by atoms with van der Waals surface area (Å²) in [6.07, 6.45) is 1.34. The average Bonchev–Trinajstić information content (AvgIpc) is 2.52. The third-order valence-electron chi connectivity index (χ3n) is 3.01. The molecule has 0 fully saturated rings. The third kappa shape index (κ3) is 14.7. The molecule has 0 radical (unpaired) electrons. The van der Waals surface area contributed by atoms with Gasteiger partial charge < -0.3 is 20.1 Å². The Morgan fingerprint density at radius 3 is 2.46 bits per heavy atom. The van der Waals surface area contributed by atoms with Gasteiger partial charge in [0.25, 0.3) is 0 Å². The number of thiol groups is 1. The fourth-order valence-electron chi connectivity index (χ4n) is 1.66. The summed E-state index contributed by atoms with van der Waals surface area (Å²) in [6, 6.07) is 0. The maximum absolute atomic E-state index is 13.5. The number of hydrogen-bond acceptors (Lipinski definition) is 5. The van der Waals surface area contributed by atoms with E-state index in [2.05, 4.69) is 23.3 Å². The van der Waals surface area contributed by atoms with Crippen LogP contribution >= 0.6 is 12.6 Å². The maximum atomic E-state index is 13.5. The van der Waals surface area contributed by atoms with Crippen molar-refractivity contribution in [2.24, 2.45) is 0 Å². The van der Waals surface area contributed by atoms with Crippen molar-refractivity contribution in [3.05, 3.63) is 0 Å². The molecule has 142 valence electrons. The van der Waals surface area contributed by atoms with E-state index in [4.69, 9.17) is 9.47 Å². The minimum Gasteiger partial charge on any atom is -0.378 e. The van der Waals surface area contributed by atoms with Gasteiger partial charge in [0.2, 0.25) is 11.8 Å². The predicted molar refractivity (Wildman–Crippen MR) is 95.1 cm³/mol. The molecule has 2 amide bonds. The van der Waals surface area contributed by atoms with Crippen molar-refractivity contribution >= 4 is 24.4 Å². The van der Waals surface area contributed by atoms with E-state index in [1.807, 2.05) is 13.8 Å². The van der Waals surface area contributed by atoms with Gasteiger partial charge in [0.1, 0.15) is 12.8 Å². The first kappa shape index (κ1) is 23.1. The number of ether oxygens (including phenoxy) is 2. The summed E-state index contributed by atoms with van der Waals surface area (Å²) in [5, 5.41) is 4.78.